The number of benzene rings is 3. The lowest BCUT2D eigenvalue weighted by molar-refractivity contribution is -0.137. The number of nitrogens with zero attached hydrogens (tertiary/aromatic N) is 3. The quantitative estimate of drug-likeness (QED) is 0.132. The van der Waals surface area contributed by atoms with Crippen LogP contribution in [0.4, 0.5) is 24.5 Å². The summed E-state index contributed by atoms with van der Waals surface area (Å²) in [7, 11) is -1.74. The molecule has 1 fully saturated rings. The van der Waals surface area contributed by atoms with Crippen molar-refractivity contribution in [3.63, 3.8) is 0 Å². The Bertz CT molecular complexity index is 2040. The van der Waals surface area contributed by atoms with Crippen LogP contribution >= 0.6 is 38.6 Å². The van der Waals surface area contributed by atoms with Gasteiger partial charge in [0.1, 0.15) is 9.75 Å². The number of amides is 1. The molecule has 0 aliphatic carbocycles. The fourth-order valence-electron chi connectivity index (χ4n) is 5.89. The second-order valence-electron chi connectivity index (χ2n) is 11.6. The molecule has 14 heteroatoms. The van der Waals surface area contributed by atoms with E-state index in [0.717, 1.165) is 37.9 Å². The van der Waals surface area contributed by atoms with Crippen LogP contribution < -0.4 is 9.21 Å². The number of ether oxygens (including phenoxy) is 1. The van der Waals surface area contributed by atoms with Gasteiger partial charge in [0.15, 0.2) is 11.0 Å². The average molecular weight is 805 g/mol. The molecule has 6 rings (SSSR count). The number of thiophene rings is 2. The number of esters is 1. The first-order chi connectivity index (χ1) is 24.0. The van der Waals surface area contributed by atoms with Crippen LogP contribution in [-0.2, 0) is 28.3 Å². The van der Waals surface area contributed by atoms with Gasteiger partial charge in [-0.2, -0.15) is 13.2 Å². The Kier molecular flexibility index (Phi) is 11.0. The number of hydrogen-bond donors (Lipinski definition) is 0. The normalized spacial score (nSPS) is 14.2. The Labute approximate surface area is 307 Å². The molecule has 0 radical (unpaired) electrons. The van der Waals surface area contributed by atoms with Gasteiger partial charge in [0, 0.05) is 41.9 Å². The van der Waals surface area contributed by atoms with Crippen molar-refractivity contribution in [1.82, 2.24) is 4.90 Å². The largest absolute Gasteiger partial charge is 0.462 e. The molecular formula is C36H33BrF3N3O4S3. The van der Waals surface area contributed by atoms with Gasteiger partial charge in [-0.05, 0) is 107 Å². The highest BCUT2D eigenvalue weighted by atomic mass is 79.9. The molecule has 5 aromatic rings. The highest BCUT2D eigenvalue weighted by Crippen LogP contribution is 2.37. The molecule has 262 valence electrons. The fraction of sp³-hybridized carbons (Fsp3) is 0.278. The summed E-state index contributed by atoms with van der Waals surface area (Å²) < 4.78 is 63.0. The van der Waals surface area contributed by atoms with Gasteiger partial charge in [-0.15, -0.1) is 22.7 Å². The summed E-state index contributed by atoms with van der Waals surface area (Å²) in [6, 6.07) is 20.0. The minimum absolute atomic E-state index is 0.0238. The van der Waals surface area contributed by atoms with E-state index in [1.807, 2.05) is 59.7 Å². The van der Waals surface area contributed by atoms with Crippen LogP contribution in [0, 0.1) is 6.92 Å². The van der Waals surface area contributed by atoms with Crippen molar-refractivity contribution in [1.29, 1.82) is 0 Å². The smallest absolute Gasteiger partial charge is 0.416 e. The molecule has 1 aliphatic heterocycles. The van der Waals surface area contributed by atoms with Crippen LogP contribution in [0.25, 0.3) is 10.1 Å². The van der Waals surface area contributed by atoms with Crippen molar-refractivity contribution in [2.75, 3.05) is 48.5 Å². The summed E-state index contributed by atoms with van der Waals surface area (Å²) in [6.07, 6.45) is -4.10. The Hall–Kier alpha value is -3.72. The molecule has 50 heavy (non-hydrogen) atoms. The van der Waals surface area contributed by atoms with Crippen molar-refractivity contribution < 1.29 is 31.7 Å². The molecule has 3 aromatic carbocycles. The van der Waals surface area contributed by atoms with E-state index >= 15 is 0 Å². The molecule has 0 spiro atoms. The average Bonchev–Trinajstić information content (AvgIpc) is 3.70. The zero-order valence-corrected chi connectivity index (χ0v) is 31.2. The summed E-state index contributed by atoms with van der Waals surface area (Å²) in [5.41, 5.74) is 2.24. The Balaban J connectivity index is 1.31. The second kappa shape index (κ2) is 15.3. The first-order valence-corrected chi connectivity index (χ1v) is 19.5. The zero-order valence-electron chi connectivity index (χ0n) is 27.2. The molecule has 1 unspecified atom stereocenters. The second-order valence-corrected chi connectivity index (χ2v) is 15.8. The summed E-state index contributed by atoms with van der Waals surface area (Å²) in [5.74, 6) is -0.421. The van der Waals surface area contributed by atoms with Crippen molar-refractivity contribution in [3.8, 4) is 0 Å². The molecule has 1 saturated heterocycles. The number of fused-ring (bicyclic) bond motifs is 1. The third kappa shape index (κ3) is 7.63. The molecule has 2 aromatic heterocycles. The number of carbonyl (C=O) groups excluding carboxylic acids is 2. The Morgan fingerprint density at radius 1 is 0.980 bits per heavy atom. The number of piperazine rings is 1. The number of para-hydroxylation sites is 2. The van der Waals surface area contributed by atoms with Crippen molar-refractivity contribution in [2.24, 2.45) is 0 Å². The Morgan fingerprint density at radius 3 is 2.36 bits per heavy atom. The van der Waals surface area contributed by atoms with E-state index in [9.17, 15) is 27.0 Å². The lowest BCUT2D eigenvalue weighted by Crippen LogP contribution is -2.49. The molecule has 7 nitrogen and oxygen atoms in total. The maximum absolute atomic E-state index is 14.6. The van der Waals surface area contributed by atoms with E-state index < -0.39 is 28.7 Å². The van der Waals surface area contributed by atoms with Crippen LogP contribution in [-0.4, -0.2) is 60.3 Å². The molecule has 1 aliphatic rings. The minimum atomic E-state index is -4.44. The van der Waals surface area contributed by atoms with Crippen molar-refractivity contribution in [3.05, 3.63) is 109 Å². The van der Waals surface area contributed by atoms with E-state index in [4.69, 9.17) is 4.74 Å². The third-order valence-corrected chi connectivity index (χ3v) is 13.0. The topological polar surface area (TPSA) is 70.2 Å². The number of rotatable bonds is 10. The van der Waals surface area contributed by atoms with E-state index in [1.54, 1.807) is 17.3 Å². The molecule has 0 saturated carbocycles. The number of halogens is 4. The summed E-state index contributed by atoms with van der Waals surface area (Å²) in [4.78, 5) is 31.5. The molecule has 1 amide bonds. The minimum Gasteiger partial charge on any atom is -0.462 e. The van der Waals surface area contributed by atoms with Crippen LogP contribution in [0.5, 0.6) is 0 Å². The lowest BCUT2D eigenvalue weighted by atomic mass is 10.1. The highest BCUT2D eigenvalue weighted by molar-refractivity contribution is 9.10. The van der Waals surface area contributed by atoms with Gasteiger partial charge >= 0.3 is 12.1 Å². The van der Waals surface area contributed by atoms with Gasteiger partial charge in [-0.25, -0.2) is 9.00 Å². The Morgan fingerprint density at radius 2 is 1.70 bits per heavy atom. The molecular weight excluding hydrogens is 772 g/mol. The van der Waals surface area contributed by atoms with Gasteiger partial charge in [-0.3, -0.25) is 9.10 Å². The first kappa shape index (κ1) is 36.1. The molecule has 0 bridgehead atoms. The van der Waals surface area contributed by atoms with Gasteiger partial charge < -0.3 is 14.5 Å². The van der Waals surface area contributed by atoms with Crippen LogP contribution in [0.3, 0.4) is 0 Å². The number of carbonyl (C=O) groups is 2. The highest BCUT2D eigenvalue weighted by Gasteiger charge is 2.31. The van der Waals surface area contributed by atoms with Crippen LogP contribution in [0.1, 0.15) is 43.0 Å². The molecule has 0 N–H and O–H groups in total. The predicted octanol–water partition coefficient (Wildman–Crippen LogP) is 8.96. The van der Waals surface area contributed by atoms with E-state index in [1.165, 1.54) is 34.8 Å². The number of hydrogen-bond acceptors (Lipinski definition) is 7. The standard InChI is InChI=1S/C36H33BrF3N3O4S3/c1-3-47-35(45)32-23(2)27-22-26(12-13-31(27)49-32)50(46)43(16-14-24-8-10-25(11-9-24)36(38,39)40)30-7-5-4-6-29(30)41-17-19-42(20-18-41)34(44)33-28(37)15-21-48-33/h4-13,15,21-22H,3,14,16-20H2,1-2H3. The van der Waals surface area contributed by atoms with E-state index in [2.05, 4.69) is 20.8 Å². The van der Waals surface area contributed by atoms with Crippen molar-refractivity contribution >= 4 is 82.9 Å². The predicted molar refractivity (Wildman–Crippen MR) is 198 cm³/mol. The maximum Gasteiger partial charge on any atom is 0.416 e. The van der Waals surface area contributed by atoms with Crippen LogP contribution in [0.15, 0.2) is 87.5 Å². The van der Waals surface area contributed by atoms with Gasteiger partial charge in [0.05, 0.1) is 28.4 Å². The van der Waals surface area contributed by atoms with E-state index in [-0.39, 0.29) is 19.1 Å². The van der Waals surface area contributed by atoms with Gasteiger partial charge in [0.25, 0.3) is 5.91 Å². The number of anilines is 2. The summed E-state index contributed by atoms with van der Waals surface area (Å²) in [6.45, 7) is 6.22. The summed E-state index contributed by atoms with van der Waals surface area (Å²) in [5, 5.41) is 2.68. The summed E-state index contributed by atoms with van der Waals surface area (Å²) >= 11 is 6.19. The monoisotopic (exact) mass is 803 g/mol. The SMILES string of the molecule is CCOC(=O)c1sc2ccc(S(=O)N(CCc3ccc(C(F)(F)F)cc3)c3ccccc3N3CCN(C(=O)c4sccc4Br)CC3)cc2c1C. The van der Waals surface area contributed by atoms with E-state index in [0.29, 0.717) is 58.5 Å². The molecule has 1 atom stereocenters. The third-order valence-electron chi connectivity index (χ3n) is 8.52. The molecule has 3 heterocycles. The van der Waals surface area contributed by atoms with Crippen LogP contribution in [0.2, 0.25) is 0 Å². The zero-order chi connectivity index (χ0) is 35.6. The maximum atomic E-state index is 14.6. The number of aryl methyl sites for hydroxylation is 1. The number of alkyl halides is 3. The van der Waals surface area contributed by atoms with Gasteiger partial charge in [0.2, 0.25) is 0 Å². The first-order valence-electron chi connectivity index (χ1n) is 15.9. The van der Waals surface area contributed by atoms with Gasteiger partial charge in [-0.1, -0.05) is 24.3 Å². The fourth-order valence-corrected chi connectivity index (χ4v) is 9.73. The van der Waals surface area contributed by atoms with Crippen molar-refractivity contribution in [2.45, 2.75) is 31.3 Å². The lowest BCUT2D eigenvalue weighted by Gasteiger charge is -2.38.